The molecule has 0 aliphatic heterocycles. The summed E-state index contributed by atoms with van der Waals surface area (Å²) in [6, 6.07) is 0. The van der Waals surface area contributed by atoms with E-state index in [9.17, 15) is 0 Å². The molecule has 0 atom stereocenters. The van der Waals surface area contributed by atoms with Crippen molar-refractivity contribution in [2.75, 3.05) is 48.3 Å². The molecule has 3 aliphatic carbocycles. The van der Waals surface area contributed by atoms with Gasteiger partial charge in [-0.15, -0.1) is 0 Å². The number of rotatable bonds is 3. The van der Waals surface area contributed by atoms with Crippen molar-refractivity contribution >= 4 is 0 Å². The molecule has 11 N–H and O–H groups in total. The van der Waals surface area contributed by atoms with Crippen molar-refractivity contribution in [3.05, 3.63) is 37.1 Å². The van der Waals surface area contributed by atoms with Crippen molar-refractivity contribution in [3.8, 4) is 0 Å². The maximum atomic E-state index is 8.47. The molecule has 0 unspecified atom stereocenters. The van der Waals surface area contributed by atoms with Crippen LogP contribution in [0.3, 0.4) is 0 Å². The van der Waals surface area contributed by atoms with E-state index >= 15 is 0 Å². The molecule has 0 aromatic heterocycles. The zero-order valence-corrected chi connectivity index (χ0v) is 46.6. The van der Waals surface area contributed by atoms with Gasteiger partial charge in [-0.2, -0.15) is 0 Å². The van der Waals surface area contributed by atoms with Gasteiger partial charge in [0.25, 0.3) is 0 Å². The van der Waals surface area contributed by atoms with Crippen LogP contribution in [0.1, 0.15) is 111 Å². The third-order valence-electron chi connectivity index (χ3n) is 13.6. The Balaban J connectivity index is -0.0000000275. The van der Waals surface area contributed by atoms with E-state index in [1.807, 2.05) is 0 Å². The minimum atomic E-state index is -0.708. The van der Waals surface area contributed by atoms with Crippen LogP contribution in [-0.2, 0) is 65.2 Å². The van der Waals surface area contributed by atoms with Crippen LogP contribution in [0.15, 0.2) is 0 Å². The molecule has 9 nitrogen and oxygen atoms in total. The molecule has 0 heterocycles. The van der Waals surface area contributed by atoms with E-state index in [-0.39, 0.29) is 133 Å². The first kappa shape index (κ1) is 102. The molecular weight excluding hydrogens is 816 g/mol. The van der Waals surface area contributed by atoms with Gasteiger partial charge in [0.2, 0.25) is 0 Å². The fourth-order valence-electron chi connectivity index (χ4n) is 7.33. The van der Waals surface area contributed by atoms with Crippen molar-refractivity contribution < 1.29 is 112 Å². The van der Waals surface area contributed by atoms with E-state index in [1.165, 1.54) is 0 Å². The second kappa shape index (κ2) is 56.8. The quantitative estimate of drug-likeness (QED) is 0.112. The number of aliphatic hydroxyl groups excluding tert-OH is 7. The van der Waals surface area contributed by atoms with Crippen molar-refractivity contribution in [2.24, 2.45) is 94.2 Å². The van der Waals surface area contributed by atoms with Crippen LogP contribution in [0.2, 0.25) is 0 Å². The van der Waals surface area contributed by atoms with Crippen molar-refractivity contribution in [3.63, 3.8) is 0 Å². The molecule has 0 aromatic rings. The second-order valence-corrected chi connectivity index (χ2v) is 15.2. The van der Waals surface area contributed by atoms with E-state index < -0.39 is 5.41 Å². The Labute approximate surface area is 399 Å². The summed E-state index contributed by atoms with van der Waals surface area (Å²) in [6.45, 7) is 37.0. The standard InChI is InChI=1S/3C10H20.C5H12O3.4CH4O.5CH3.2H2O.3Ti/c3*1-6-7(2)9(4)10(5)8(6)3;1-5(2-6,3-7)4-8;4*1-2;;;;;;;;;;/h3*6-10H,1-5H3;6-8H,2-4H2,1H3;4*2H,1H3;5*1H3;2*1H2;;;/q;;;;;;;;5*-1;;;;;+3. The van der Waals surface area contributed by atoms with Crippen LogP contribution >= 0.6 is 0 Å². The van der Waals surface area contributed by atoms with E-state index in [0.29, 0.717) is 0 Å². The summed E-state index contributed by atoms with van der Waals surface area (Å²) in [6.07, 6.45) is 0. The van der Waals surface area contributed by atoms with E-state index in [2.05, 4.69) is 104 Å². The zero-order valence-electron chi connectivity index (χ0n) is 41.9. The molecule has 0 saturated heterocycles. The van der Waals surface area contributed by atoms with Crippen LogP contribution < -0.4 is 0 Å². The molecule has 1 radical (unpaired) electrons. The average molecular weight is 924 g/mol. The van der Waals surface area contributed by atoms with Gasteiger partial charge in [0, 0.05) is 77.3 Å². The smallest absolute Gasteiger partial charge is 0.412 e. The fraction of sp³-hybridized carbons (Fsp3) is 0.886. The van der Waals surface area contributed by atoms with Crippen molar-refractivity contribution in [2.45, 2.75) is 111 Å². The van der Waals surface area contributed by atoms with Crippen LogP contribution in [0.5, 0.6) is 0 Å². The van der Waals surface area contributed by atoms with Crippen LogP contribution in [0.25, 0.3) is 0 Å². The maximum Gasteiger partial charge on any atom is 3.00 e. The topological polar surface area (TPSA) is 205 Å². The molecule has 0 aromatic carbocycles. The van der Waals surface area contributed by atoms with Gasteiger partial charge < -0.3 is 83.8 Å². The van der Waals surface area contributed by atoms with E-state index in [1.54, 1.807) is 6.92 Å². The minimum Gasteiger partial charge on any atom is -0.412 e. The Morgan fingerprint density at radius 1 is 0.286 bits per heavy atom. The molecule has 3 aliphatic rings. The summed E-state index contributed by atoms with van der Waals surface area (Å²) >= 11 is 0. The number of hydrogen-bond acceptors (Lipinski definition) is 7. The van der Waals surface area contributed by atoms with Gasteiger partial charge in [0.05, 0.1) is 19.8 Å². The summed E-state index contributed by atoms with van der Waals surface area (Å²) in [4.78, 5) is 0. The molecule has 12 heteroatoms. The Morgan fingerprint density at radius 2 is 0.339 bits per heavy atom. The molecule has 0 bridgehead atoms. The Bertz CT molecular complexity index is 453. The second-order valence-electron chi connectivity index (χ2n) is 15.2. The summed E-state index contributed by atoms with van der Waals surface area (Å²) in [5, 5.41) is 53.4. The molecule has 0 spiro atoms. The van der Waals surface area contributed by atoms with Gasteiger partial charge in [-0.25, -0.2) is 0 Å². The van der Waals surface area contributed by atoms with E-state index in [0.717, 1.165) is 117 Å². The Kier molecular flexibility index (Phi) is 103. The summed E-state index contributed by atoms with van der Waals surface area (Å²) in [5.41, 5.74) is -0.708. The van der Waals surface area contributed by atoms with Gasteiger partial charge in [-0.3, -0.25) is 0 Å². The van der Waals surface area contributed by atoms with Gasteiger partial charge >= 0.3 is 21.7 Å². The van der Waals surface area contributed by atoms with Gasteiger partial charge in [-0.05, 0) is 88.8 Å². The SMILES string of the molecule is CC(CO)(CO)CO.CC1C(C)C(C)C(C)C1C.CC1C(C)C(C)C(C)C1C.CC1C(C)C(C)C(C)C1C.CO.CO.CO.CO.O.O.[CH3-].[CH3-].[CH3-].[CH3-].[CH3-].[Ti+3].[Ti].[Ti]. The number of aliphatic hydroxyl groups is 7. The van der Waals surface area contributed by atoms with Crippen molar-refractivity contribution in [1.82, 2.24) is 0 Å². The van der Waals surface area contributed by atoms with Crippen LogP contribution in [-0.4, -0.2) is 95.0 Å². The third kappa shape index (κ3) is 33.4. The van der Waals surface area contributed by atoms with Gasteiger partial charge in [0.1, 0.15) is 0 Å². The normalized spacial score (nSPS) is 31.9. The molecule has 0 amide bonds. The minimum absolute atomic E-state index is 0. The third-order valence-corrected chi connectivity index (χ3v) is 13.6. The molecule has 3 saturated carbocycles. The molecule has 3 fully saturated rings. The van der Waals surface area contributed by atoms with Crippen molar-refractivity contribution in [1.29, 1.82) is 0 Å². The predicted octanol–water partition coefficient (Wildman–Crippen LogP) is 7.54. The molecule has 56 heavy (non-hydrogen) atoms. The largest absolute Gasteiger partial charge is 3.00 e. The Hall–Kier alpha value is 1.78. The first-order chi connectivity index (χ1) is 21.3. The average Bonchev–Trinajstić information content (AvgIpc) is 3.47. The first-order valence-electron chi connectivity index (χ1n) is 18.0. The summed E-state index contributed by atoms with van der Waals surface area (Å²) < 4.78 is 0. The van der Waals surface area contributed by atoms with Crippen LogP contribution in [0, 0.1) is 131 Å². The number of hydrogen-bond donors (Lipinski definition) is 7. The zero-order chi connectivity index (χ0) is 38.3. The molecule has 351 valence electrons. The van der Waals surface area contributed by atoms with Crippen LogP contribution in [0.4, 0.5) is 0 Å². The summed E-state index contributed by atoms with van der Waals surface area (Å²) in [5.74, 6) is 14.0. The van der Waals surface area contributed by atoms with Gasteiger partial charge in [-0.1, -0.05) is 111 Å². The monoisotopic (exact) mass is 924 g/mol. The van der Waals surface area contributed by atoms with Gasteiger partial charge in [0.15, 0.2) is 0 Å². The fourth-order valence-corrected chi connectivity index (χ4v) is 7.33. The first-order valence-corrected chi connectivity index (χ1v) is 18.0. The molecular formula is C44H107O9Ti3-2. The Morgan fingerprint density at radius 3 is 0.357 bits per heavy atom. The predicted molar refractivity (Wildman–Crippen MR) is 239 cm³/mol. The maximum absolute atomic E-state index is 8.47. The summed E-state index contributed by atoms with van der Waals surface area (Å²) in [7, 11) is 4.00. The molecule has 3 rings (SSSR count). The van der Waals surface area contributed by atoms with E-state index in [4.69, 9.17) is 35.7 Å².